The molecule has 1 N–H and O–H groups in total. The van der Waals surface area contributed by atoms with Crippen molar-refractivity contribution in [2.24, 2.45) is 5.92 Å². The Balaban J connectivity index is 1.91. The van der Waals surface area contributed by atoms with Crippen molar-refractivity contribution in [1.82, 2.24) is 4.90 Å². The number of rotatable bonds is 7. The number of carbonyl (C=O) groups is 1. The van der Waals surface area contributed by atoms with Gasteiger partial charge in [0.25, 0.3) is 0 Å². The lowest BCUT2D eigenvalue weighted by atomic mass is 9.96. The highest BCUT2D eigenvalue weighted by Crippen LogP contribution is 2.19. The first-order valence-electron chi connectivity index (χ1n) is 5.45. The topological polar surface area (TPSA) is 49.8 Å². The second kappa shape index (κ2) is 6.20. The molecule has 4 nitrogen and oxygen atoms in total. The van der Waals surface area contributed by atoms with Crippen LogP contribution in [0.15, 0.2) is 0 Å². The summed E-state index contributed by atoms with van der Waals surface area (Å²) in [6.07, 6.45) is -3.56. The van der Waals surface area contributed by atoms with Crippen molar-refractivity contribution in [3.8, 4) is 0 Å². The number of nitrogens with zero attached hydrogens (tertiary/aromatic N) is 1. The van der Waals surface area contributed by atoms with Gasteiger partial charge in [0.1, 0.15) is 6.61 Å². The van der Waals surface area contributed by atoms with E-state index in [1.807, 2.05) is 4.90 Å². The molecule has 0 atom stereocenters. The molecule has 0 unspecified atom stereocenters. The van der Waals surface area contributed by atoms with Crippen LogP contribution in [0.2, 0.25) is 0 Å². The number of halogens is 3. The fourth-order valence-corrected chi connectivity index (χ4v) is 1.81. The van der Waals surface area contributed by atoms with Crippen LogP contribution >= 0.6 is 0 Å². The zero-order chi connectivity index (χ0) is 12.9. The summed E-state index contributed by atoms with van der Waals surface area (Å²) in [5.41, 5.74) is 0. The maximum atomic E-state index is 11.7. The van der Waals surface area contributed by atoms with Gasteiger partial charge in [0.05, 0.1) is 6.42 Å². The summed E-state index contributed by atoms with van der Waals surface area (Å²) in [5.74, 6) is -0.619. The van der Waals surface area contributed by atoms with Gasteiger partial charge in [-0.1, -0.05) is 0 Å². The first-order valence-corrected chi connectivity index (χ1v) is 5.45. The number of alkyl halides is 3. The van der Waals surface area contributed by atoms with Crippen LogP contribution in [0.3, 0.4) is 0 Å². The van der Waals surface area contributed by atoms with E-state index in [4.69, 9.17) is 5.11 Å². The van der Waals surface area contributed by atoms with Crippen molar-refractivity contribution < 1.29 is 27.8 Å². The molecule has 0 aromatic rings. The molecule has 0 aliphatic carbocycles. The van der Waals surface area contributed by atoms with Crippen molar-refractivity contribution in [3.05, 3.63) is 0 Å². The molecule has 0 saturated carbocycles. The molecule has 0 aromatic carbocycles. The summed E-state index contributed by atoms with van der Waals surface area (Å²) < 4.78 is 39.6. The molecule has 0 spiro atoms. The molecule has 1 saturated heterocycles. The Morgan fingerprint density at radius 2 is 2.06 bits per heavy atom. The fourth-order valence-electron chi connectivity index (χ4n) is 1.81. The molecular weight excluding hydrogens is 239 g/mol. The van der Waals surface area contributed by atoms with Gasteiger partial charge in [-0.05, 0) is 12.3 Å². The summed E-state index contributed by atoms with van der Waals surface area (Å²) in [6.45, 7) is 0.972. The van der Waals surface area contributed by atoms with Gasteiger partial charge in [0.2, 0.25) is 0 Å². The first-order chi connectivity index (χ1) is 7.87. The zero-order valence-electron chi connectivity index (χ0n) is 9.37. The van der Waals surface area contributed by atoms with Gasteiger partial charge >= 0.3 is 12.1 Å². The van der Waals surface area contributed by atoms with Gasteiger partial charge in [0.15, 0.2) is 0 Å². The molecule has 0 radical (unpaired) electrons. The van der Waals surface area contributed by atoms with Crippen molar-refractivity contribution >= 4 is 5.97 Å². The summed E-state index contributed by atoms with van der Waals surface area (Å²) in [5, 5.41) is 8.51. The number of hydrogen-bond acceptors (Lipinski definition) is 3. The second-order valence-corrected chi connectivity index (χ2v) is 4.24. The van der Waals surface area contributed by atoms with E-state index in [2.05, 4.69) is 4.74 Å². The van der Waals surface area contributed by atoms with Gasteiger partial charge in [-0.15, -0.1) is 0 Å². The summed E-state index contributed by atoms with van der Waals surface area (Å²) in [4.78, 5) is 12.4. The quantitative estimate of drug-likeness (QED) is 0.698. The van der Waals surface area contributed by atoms with Gasteiger partial charge in [-0.2, -0.15) is 13.2 Å². The molecule has 1 aliphatic rings. The Bertz CT molecular complexity index is 252. The van der Waals surface area contributed by atoms with Crippen molar-refractivity contribution in [2.45, 2.75) is 19.0 Å². The number of carboxylic acid groups (broad SMARTS) is 1. The molecule has 1 aliphatic heterocycles. The summed E-state index contributed by atoms with van der Waals surface area (Å²) in [6, 6.07) is 0. The molecule has 0 bridgehead atoms. The predicted molar refractivity (Wildman–Crippen MR) is 53.7 cm³/mol. The van der Waals surface area contributed by atoms with Gasteiger partial charge in [-0.3, -0.25) is 4.79 Å². The monoisotopic (exact) mass is 255 g/mol. The first kappa shape index (κ1) is 14.2. The van der Waals surface area contributed by atoms with E-state index in [0.29, 0.717) is 26.1 Å². The van der Waals surface area contributed by atoms with E-state index < -0.39 is 18.8 Å². The Hall–Kier alpha value is -0.820. The van der Waals surface area contributed by atoms with Gasteiger partial charge < -0.3 is 14.7 Å². The third-order valence-electron chi connectivity index (χ3n) is 2.52. The van der Waals surface area contributed by atoms with Crippen molar-refractivity contribution in [1.29, 1.82) is 0 Å². The number of carboxylic acids is 1. The zero-order valence-corrected chi connectivity index (χ0v) is 9.37. The van der Waals surface area contributed by atoms with Crippen LogP contribution in [-0.2, 0) is 9.53 Å². The molecule has 100 valence electrons. The van der Waals surface area contributed by atoms with Crippen LogP contribution in [0.5, 0.6) is 0 Å². The fraction of sp³-hybridized carbons (Fsp3) is 0.900. The van der Waals surface area contributed by atoms with Gasteiger partial charge in [0, 0.05) is 26.2 Å². The maximum absolute atomic E-state index is 11.7. The average Bonchev–Trinajstić information content (AvgIpc) is 2.10. The minimum atomic E-state index is -4.26. The van der Waals surface area contributed by atoms with Crippen LogP contribution in [-0.4, -0.2) is 55.0 Å². The number of aliphatic carboxylic acids is 1. The molecule has 7 heteroatoms. The van der Waals surface area contributed by atoms with E-state index in [0.717, 1.165) is 0 Å². The lowest BCUT2D eigenvalue weighted by Gasteiger charge is -2.38. The Morgan fingerprint density at radius 3 is 2.59 bits per heavy atom. The third kappa shape index (κ3) is 6.48. The highest BCUT2D eigenvalue weighted by molar-refractivity contribution is 5.67. The molecule has 0 amide bonds. The Morgan fingerprint density at radius 1 is 1.41 bits per heavy atom. The molecule has 0 aromatic heterocycles. The minimum Gasteiger partial charge on any atom is -0.481 e. The van der Waals surface area contributed by atoms with Gasteiger partial charge in [-0.25, -0.2) is 0 Å². The molecule has 1 heterocycles. The third-order valence-corrected chi connectivity index (χ3v) is 2.52. The SMILES string of the molecule is O=C(O)CC1CN(CCCOCC(F)(F)F)C1. The van der Waals surface area contributed by atoms with E-state index in [1.54, 1.807) is 0 Å². The highest BCUT2D eigenvalue weighted by Gasteiger charge is 2.29. The van der Waals surface area contributed by atoms with Crippen molar-refractivity contribution in [2.75, 3.05) is 32.8 Å². The second-order valence-electron chi connectivity index (χ2n) is 4.24. The van der Waals surface area contributed by atoms with E-state index in [-0.39, 0.29) is 18.9 Å². The van der Waals surface area contributed by atoms with Crippen LogP contribution in [0.25, 0.3) is 0 Å². The van der Waals surface area contributed by atoms with Crippen LogP contribution in [0.1, 0.15) is 12.8 Å². The molecule has 17 heavy (non-hydrogen) atoms. The smallest absolute Gasteiger partial charge is 0.411 e. The standard InChI is InChI=1S/C10H16F3NO3/c11-10(12,13)7-17-3-1-2-14-5-8(6-14)4-9(15)16/h8H,1-7H2,(H,15,16). The molecule has 1 rings (SSSR count). The maximum Gasteiger partial charge on any atom is 0.411 e. The number of hydrogen-bond donors (Lipinski definition) is 1. The average molecular weight is 255 g/mol. The lowest BCUT2D eigenvalue weighted by molar-refractivity contribution is -0.174. The molecule has 1 fully saturated rings. The molecular formula is C10H16F3NO3. The van der Waals surface area contributed by atoms with E-state index >= 15 is 0 Å². The Kier molecular flexibility index (Phi) is 5.20. The van der Waals surface area contributed by atoms with E-state index in [9.17, 15) is 18.0 Å². The normalized spacial score (nSPS) is 18.1. The van der Waals surface area contributed by atoms with Crippen molar-refractivity contribution in [3.63, 3.8) is 0 Å². The number of likely N-dealkylation sites (tertiary alicyclic amines) is 1. The summed E-state index contributed by atoms with van der Waals surface area (Å²) >= 11 is 0. The largest absolute Gasteiger partial charge is 0.481 e. The highest BCUT2D eigenvalue weighted by atomic mass is 19.4. The van der Waals surface area contributed by atoms with Crippen LogP contribution < -0.4 is 0 Å². The van der Waals surface area contributed by atoms with Crippen LogP contribution in [0, 0.1) is 5.92 Å². The lowest BCUT2D eigenvalue weighted by Crippen LogP contribution is -2.47. The number of ether oxygens (including phenoxy) is 1. The van der Waals surface area contributed by atoms with E-state index in [1.165, 1.54) is 0 Å². The summed E-state index contributed by atoms with van der Waals surface area (Å²) in [7, 11) is 0. The Labute approximate surface area is 97.3 Å². The predicted octanol–water partition coefficient (Wildman–Crippen LogP) is 1.36. The minimum absolute atomic E-state index is 0.0829. The van der Waals surface area contributed by atoms with Crippen LogP contribution in [0.4, 0.5) is 13.2 Å².